The van der Waals surface area contributed by atoms with Crippen molar-refractivity contribution >= 4 is 35.0 Å². The number of likely N-dealkylation sites (N-methyl/N-ethyl adjacent to an activating group) is 1. The molecular formula is C30H40ClN3O5. The van der Waals surface area contributed by atoms with Crippen molar-refractivity contribution in [3.63, 3.8) is 0 Å². The van der Waals surface area contributed by atoms with Crippen LogP contribution in [-0.4, -0.2) is 83.2 Å². The van der Waals surface area contributed by atoms with Crippen molar-refractivity contribution in [3.05, 3.63) is 54.1 Å². The van der Waals surface area contributed by atoms with E-state index in [0.29, 0.717) is 55.9 Å². The summed E-state index contributed by atoms with van der Waals surface area (Å²) >= 11 is 6.61. The molecule has 0 aromatic heterocycles. The molecule has 5 atom stereocenters. The van der Waals surface area contributed by atoms with Crippen LogP contribution in [0.15, 0.2) is 43.5 Å². The van der Waals surface area contributed by atoms with Gasteiger partial charge in [-0.25, -0.2) is 0 Å². The molecule has 2 bridgehead atoms. The topological polar surface area (TPSA) is 90.4 Å². The minimum atomic E-state index is -1.12. The highest BCUT2D eigenvalue weighted by atomic mass is 35.5. The summed E-state index contributed by atoms with van der Waals surface area (Å²) in [5.74, 6) is -2.14. The second kappa shape index (κ2) is 11.4. The average Bonchev–Trinajstić information content (AvgIpc) is 3.46. The molecule has 3 heterocycles. The highest BCUT2D eigenvalue weighted by Gasteiger charge is 2.78. The number of rotatable bonds is 12. The highest BCUT2D eigenvalue weighted by Crippen LogP contribution is 2.63. The zero-order valence-corrected chi connectivity index (χ0v) is 24.0. The number of anilines is 1. The number of hydrogen-bond donors (Lipinski definition) is 1. The molecule has 8 nitrogen and oxygen atoms in total. The van der Waals surface area contributed by atoms with Crippen LogP contribution in [-0.2, 0) is 19.1 Å². The Morgan fingerprint density at radius 2 is 1.90 bits per heavy atom. The van der Waals surface area contributed by atoms with Gasteiger partial charge in [-0.3, -0.25) is 14.4 Å². The third-order valence-corrected chi connectivity index (χ3v) is 8.95. The molecule has 1 aromatic rings. The standard InChI is InChI=1S/C30H40ClN3O5/c1-6-16-32(5)26(36)22-23-27(37)34(18-9-8-10-19-35)25(30(23)15-14-29(22,4)39-30)28(38)33(17-7-2)24-20(3)12-11-13-21(24)31/h6-7,11-13,22-23,25,35H,1-2,8-10,14-19H2,3-5H3/t22-,23+,25?,29+,30?/m1/s1. The largest absolute Gasteiger partial charge is 0.396 e. The molecule has 3 aliphatic rings. The third-order valence-electron chi connectivity index (χ3n) is 8.65. The summed E-state index contributed by atoms with van der Waals surface area (Å²) in [5, 5.41) is 9.70. The lowest BCUT2D eigenvalue weighted by Crippen LogP contribution is -2.56. The summed E-state index contributed by atoms with van der Waals surface area (Å²) in [5.41, 5.74) is -0.566. The lowest BCUT2D eigenvalue weighted by Gasteiger charge is -2.37. The molecule has 0 aliphatic carbocycles. The number of benzene rings is 1. The molecule has 39 heavy (non-hydrogen) atoms. The molecule has 0 saturated carbocycles. The molecule has 2 unspecified atom stereocenters. The number of hydrogen-bond acceptors (Lipinski definition) is 5. The highest BCUT2D eigenvalue weighted by molar-refractivity contribution is 6.34. The fraction of sp³-hybridized carbons (Fsp3) is 0.567. The molecule has 3 saturated heterocycles. The van der Waals surface area contributed by atoms with Crippen LogP contribution in [0.3, 0.4) is 0 Å². The number of carbonyl (C=O) groups is 3. The molecule has 212 valence electrons. The van der Waals surface area contributed by atoms with Gasteiger partial charge in [-0.2, -0.15) is 0 Å². The van der Waals surface area contributed by atoms with Gasteiger partial charge < -0.3 is 24.5 Å². The van der Waals surface area contributed by atoms with E-state index < -0.39 is 29.1 Å². The Bertz CT molecular complexity index is 1140. The summed E-state index contributed by atoms with van der Waals surface area (Å²) in [4.78, 5) is 47.4. The molecule has 4 rings (SSSR count). The summed E-state index contributed by atoms with van der Waals surface area (Å²) in [6.45, 7) is 12.3. The maximum atomic E-state index is 14.6. The number of para-hydroxylation sites is 1. The first-order valence-corrected chi connectivity index (χ1v) is 14.1. The van der Waals surface area contributed by atoms with E-state index in [1.165, 1.54) is 0 Å². The van der Waals surface area contributed by atoms with Gasteiger partial charge in [0, 0.05) is 33.3 Å². The maximum Gasteiger partial charge on any atom is 0.253 e. The molecule has 3 fully saturated rings. The average molecular weight is 558 g/mol. The first kappa shape index (κ1) is 29.3. The van der Waals surface area contributed by atoms with Crippen LogP contribution in [0.2, 0.25) is 5.02 Å². The summed E-state index contributed by atoms with van der Waals surface area (Å²) in [7, 11) is 1.70. The van der Waals surface area contributed by atoms with E-state index in [1.54, 1.807) is 40.0 Å². The first-order chi connectivity index (χ1) is 18.6. The van der Waals surface area contributed by atoms with Gasteiger partial charge in [0.1, 0.15) is 11.6 Å². The number of carbonyl (C=O) groups excluding carboxylic acids is 3. The normalized spacial score (nSPS) is 28.9. The fourth-order valence-corrected chi connectivity index (χ4v) is 7.27. The van der Waals surface area contributed by atoms with Crippen LogP contribution in [0, 0.1) is 18.8 Å². The Kier molecular flexibility index (Phi) is 8.59. The lowest BCUT2D eigenvalue weighted by atomic mass is 9.66. The van der Waals surface area contributed by atoms with Crippen LogP contribution in [0.1, 0.15) is 44.6 Å². The maximum absolute atomic E-state index is 14.6. The number of aryl methyl sites for hydroxylation is 1. The van der Waals surface area contributed by atoms with Crippen LogP contribution < -0.4 is 4.90 Å². The predicted molar refractivity (Wildman–Crippen MR) is 151 cm³/mol. The molecule has 3 aliphatic heterocycles. The van der Waals surface area contributed by atoms with E-state index in [0.717, 1.165) is 5.56 Å². The van der Waals surface area contributed by atoms with Crippen LogP contribution in [0.5, 0.6) is 0 Å². The van der Waals surface area contributed by atoms with Crippen molar-refractivity contribution < 1.29 is 24.2 Å². The van der Waals surface area contributed by atoms with Crippen LogP contribution in [0.25, 0.3) is 0 Å². The first-order valence-electron chi connectivity index (χ1n) is 13.7. The molecule has 1 aromatic carbocycles. The van der Waals surface area contributed by atoms with Gasteiger partial charge in [0.05, 0.1) is 28.1 Å². The zero-order valence-electron chi connectivity index (χ0n) is 23.2. The Morgan fingerprint density at radius 3 is 2.54 bits per heavy atom. The van der Waals surface area contributed by atoms with Crippen molar-refractivity contribution in [1.82, 2.24) is 9.80 Å². The number of aliphatic hydroxyl groups excluding tert-OH is 1. The van der Waals surface area contributed by atoms with Crippen LogP contribution in [0.4, 0.5) is 5.69 Å². The minimum Gasteiger partial charge on any atom is -0.396 e. The van der Waals surface area contributed by atoms with E-state index in [9.17, 15) is 19.5 Å². The number of ether oxygens (including phenoxy) is 1. The fourth-order valence-electron chi connectivity index (χ4n) is 6.95. The molecule has 3 amide bonds. The van der Waals surface area contributed by atoms with Crippen molar-refractivity contribution in [1.29, 1.82) is 0 Å². The summed E-state index contributed by atoms with van der Waals surface area (Å²) < 4.78 is 6.74. The van der Waals surface area contributed by atoms with E-state index in [4.69, 9.17) is 16.3 Å². The van der Waals surface area contributed by atoms with Gasteiger partial charge in [-0.05, 0) is 57.6 Å². The van der Waals surface area contributed by atoms with Crippen molar-refractivity contribution in [2.24, 2.45) is 11.8 Å². The number of nitrogens with zero attached hydrogens (tertiary/aromatic N) is 3. The van der Waals surface area contributed by atoms with E-state index in [-0.39, 0.29) is 30.9 Å². The van der Waals surface area contributed by atoms with E-state index in [2.05, 4.69) is 13.2 Å². The third kappa shape index (κ3) is 4.81. The number of halogens is 1. The van der Waals surface area contributed by atoms with E-state index in [1.807, 2.05) is 26.0 Å². The number of fused-ring (bicyclic) bond motifs is 1. The zero-order chi connectivity index (χ0) is 28.5. The number of unbranched alkanes of at least 4 members (excludes halogenated alkanes) is 2. The molecule has 9 heteroatoms. The Labute approximate surface area is 236 Å². The Balaban J connectivity index is 1.80. The van der Waals surface area contributed by atoms with Crippen LogP contribution >= 0.6 is 11.6 Å². The molecule has 1 N–H and O–H groups in total. The summed E-state index contributed by atoms with van der Waals surface area (Å²) in [6, 6.07) is 4.55. The van der Waals surface area contributed by atoms with E-state index >= 15 is 0 Å². The SMILES string of the molecule is C=CCN(C)C(=O)[C@H]1[C@H]2C(=O)N(CCCCCO)C(C(=O)N(CC=C)c3c(C)cccc3Cl)C23CC[C@]1(C)O3. The number of likely N-dealkylation sites (tertiary alicyclic amines) is 1. The monoisotopic (exact) mass is 557 g/mol. The van der Waals surface area contributed by atoms with Gasteiger partial charge in [-0.1, -0.05) is 35.9 Å². The molecule has 1 spiro atoms. The second-order valence-electron chi connectivity index (χ2n) is 11.2. The molecular weight excluding hydrogens is 518 g/mol. The predicted octanol–water partition coefficient (Wildman–Crippen LogP) is 3.74. The van der Waals surface area contributed by atoms with Crippen molar-refractivity contribution in [2.45, 2.75) is 63.2 Å². The Hall–Kier alpha value is -2.68. The second-order valence-corrected chi connectivity index (χ2v) is 11.6. The van der Waals surface area contributed by atoms with Gasteiger partial charge in [0.25, 0.3) is 5.91 Å². The van der Waals surface area contributed by atoms with Crippen molar-refractivity contribution in [3.8, 4) is 0 Å². The molecule has 0 radical (unpaired) electrons. The van der Waals surface area contributed by atoms with Gasteiger partial charge >= 0.3 is 0 Å². The number of amides is 3. The quantitative estimate of drug-likeness (QED) is 0.312. The Morgan fingerprint density at radius 1 is 1.18 bits per heavy atom. The number of aliphatic hydroxyl groups is 1. The lowest BCUT2D eigenvalue weighted by molar-refractivity contribution is -0.149. The van der Waals surface area contributed by atoms with Gasteiger partial charge in [0.15, 0.2) is 0 Å². The van der Waals surface area contributed by atoms with Gasteiger partial charge in [-0.15, -0.1) is 13.2 Å². The minimum absolute atomic E-state index is 0.0649. The van der Waals surface area contributed by atoms with Crippen molar-refractivity contribution in [2.75, 3.05) is 38.2 Å². The van der Waals surface area contributed by atoms with Gasteiger partial charge in [0.2, 0.25) is 11.8 Å². The smallest absolute Gasteiger partial charge is 0.253 e. The summed E-state index contributed by atoms with van der Waals surface area (Å²) in [6.07, 6.45) is 6.31.